The first kappa shape index (κ1) is 24.0. The summed E-state index contributed by atoms with van der Waals surface area (Å²) in [6.07, 6.45) is 0. The van der Waals surface area contributed by atoms with Crippen molar-refractivity contribution in [2.45, 2.75) is 6.54 Å². The van der Waals surface area contributed by atoms with E-state index in [1.54, 1.807) is 23.1 Å². The number of anilines is 2. The van der Waals surface area contributed by atoms with Crippen molar-refractivity contribution in [1.29, 1.82) is 0 Å². The number of fused-ring (bicyclic) bond motifs is 1. The number of aromatic nitrogens is 1. The molecule has 1 aliphatic heterocycles. The van der Waals surface area contributed by atoms with E-state index in [1.807, 2.05) is 35.2 Å². The number of carbonyl (C=O) groups is 2. The average molecular weight is 525 g/mol. The van der Waals surface area contributed by atoms with Gasteiger partial charge in [0.05, 0.1) is 27.2 Å². The predicted molar refractivity (Wildman–Crippen MR) is 140 cm³/mol. The first-order valence-electron chi connectivity index (χ1n) is 11.3. The third-order valence-corrected chi connectivity index (χ3v) is 7.43. The minimum Gasteiger partial charge on any atom is -0.478 e. The molecule has 0 saturated carbocycles. The van der Waals surface area contributed by atoms with E-state index in [9.17, 15) is 19.1 Å². The van der Waals surface area contributed by atoms with Crippen LogP contribution in [0.25, 0.3) is 10.2 Å². The van der Waals surface area contributed by atoms with Crippen LogP contribution in [-0.2, 0) is 6.54 Å². The zero-order chi connectivity index (χ0) is 25.2. The van der Waals surface area contributed by atoms with E-state index in [4.69, 9.17) is 11.6 Å². The van der Waals surface area contributed by atoms with Crippen molar-refractivity contribution in [2.75, 3.05) is 36.4 Å². The average Bonchev–Trinajstić information content (AvgIpc) is 3.31. The summed E-state index contributed by atoms with van der Waals surface area (Å²) >= 11 is 7.74. The van der Waals surface area contributed by atoms with E-state index in [1.165, 1.54) is 22.8 Å². The van der Waals surface area contributed by atoms with Crippen molar-refractivity contribution in [3.8, 4) is 0 Å². The lowest BCUT2D eigenvalue weighted by Gasteiger charge is -2.36. The van der Waals surface area contributed by atoms with Crippen LogP contribution in [0.2, 0.25) is 5.15 Å². The highest BCUT2D eigenvalue weighted by Gasteiger charge is 2.30. The molecule has 0 aliphatic carbocycles. The van der Waals surface area contributed by atoms with Crippen LogP contribution < -0.4 is 10.2 Å². The molecule has 4 aromatic rings. The number of aromatic carboxylic acids is 1. The number of amides is 1. The lowest BCUT2D eigenvalue weighted by molar-refractivity contribution is 0.0698. The molecular weight excluding hydrogens is 503 g/mol. The fraction of sp³-hybridized carbons (Fsp3) is 0.192. The topological polar surface area (TPSA) is 85.8 Å². The Morgan fingerprint density at radius 2 is 1.75 bits per heavy atom. The number of benzene rings is 2. The fourth-order valence-corrected chi connectivity index (χ4v) is 5.60. The van der Waals surface area contributed by atoms with Crippen molar-refractivity contribution >= 4 is 56.4 Å². The van der Waals surface area contributed by atoms with Crippen molar-refractivity contribution < 1.29 is 19.1 Å². The zero-order valence-corrected chi connectivity index (χ0v) is 20.7. The number of para-hydroxylation sites is 1. The quantitative estimate of drug-likeness (QED) is 0.330. The van der Waals surface area contributed by atoms with Gasteiger partial charge in [0.1, 0.15) is 16.5 Å². The van der Waals surface area contributed by atoms with E-state index in [2.05, 4.69) is 10.3 Å². The normalized spacial score (nSPS) is 13.7. The summed E-state index contributed by atoms with van der Waals surface area (Å²) in [7, 11) is 0. The van der Waals surface area contributed by atoms with Crippen LogP contribution in [0.3, 0.4) is 0 Å². The van der Waals surface area contributed by atoms with Gasteiger partial charge < -0.3 is 20.2 Å². The van der Waals surface area contributed by atoms with Gasteiger partial charge in [0, 0.05) is 38.1 Å². The standard InChI is InChI=1S/C26H22ClFN4O3S/c27-24-20(25(33)32-12-10-31(11-13-32)19-9-5-4-8-18(19)28)22(29-14-16-6-2-1-3-7-16)23-21(30-24)17(15-36-23)26(34)35/h1-9,15H,10-14H2,(H,29,30)(H,34,35). The molecule has 2 aromatic heterocycles. The Morgan fingerprint density at radius 3 is 2.44 bits per heavy atom. The summed E-state index contributed by atoms with van der Waals surface area (Å²) < 4.78 is 14.8. The summed E-state index contributed by atoms with van der Waals surface area (Å²) in [4.78, 5) is 33.3. The largest absolute Gasteiger partial charge is 0.478 e. The minimum atomic E-state index is -1.11. The summed E-state index contributed by atoms with van der Waals surface area (Å²) in [5.74, 6) is -1.71. The number of piperazine rings is 1. The van der Waals surface area contributed by atoms with Gasteiger partial charge in [-0.1, -0.05) is 54.1 Å². The van der Waals surface area contributed by atoms with Crippen molar-refractivity contribution in [1.82, 2.24) is 9.88 Å². The Kier molecular flexibility index (Phi) is 6.75. The van der Waals surface area contributed by atoms with Crippen LogP contribution in [0.1, 0.15) is 26.3 Å². The molecule has 2 aromatic carbocycles. The third kappa shape index (κ3) is 4.59. The number of hydrogen-bond donors (Lipinski definition) is 2. The predicted octanol–water partition coefficient (Wildman–Crippen LogP) is 5.36. The molecule has 1 saturated heterocycles. The first-order chi connectivity index (χ1) is 17.4. The highest BCUT2D eigenvalue weighted by molar-refractivity contribution is 7.18. The monoisotopic (exact) mass is 524 g/mol. The molecule has 10 heteroatoms. The van der Waals surface area contributed by atoms with Gasteiger partial charge in [-0.05, 0) is 17.7 Å². The van der Waals surface area contributed by atoms with Gasteiger partial charge in [0.2, 0.25) is 0 Å². The van der Waals surface area contributed by atoms with Crippen LogP contribution >= 0.6 is 22.9 Å². The van der Waals surface area contributed by atoms with Gasteiger partial charge in [-0.15, -0.1) is 11.3 Å². The van der Waals surface area contributed by atoms with Crippen molar-refractivity contribution in [2.24, 2.45) is 0 Å². The maximum atomic E-state index is 14.2. The number of thiophene rings is 1. The Hall–Kier alpha value is -3.69. The molecule has 1 fully saturated rings. The third-order valence-electron chi connectivity index (χ3n) is 6.17. The molecule has 5 rings (SSSR count). The molecule has 2 N–H and O–H groups in total. The van der Waals surface area contributed by atoms with E-state index >= 15 is 0 Å². The van der Waals surface area contributed by atoms with E-state index in [-0.39, 0.29) is 33.5 Å². The number of nitrogens with one attached hydrogen (secondary N) is 1. The summed E-state index contributed by atoms with van der Waals surface area (Å²) in [5, 5.41) is 14.3. The number of carbonyl (C=O) groups excluding carboxylic acids is 1. The Bertz CT molecular complexity index is 1440. The molecule has 0 atom stereocenters. The lowest BCUT2D eigenvalue weighted by Crippen LogP contribution is -2.49. The Morgan fingerprint density at radius 1 is 1.06 bits per heavy atom. The number of rotatable bonds is 6. The number of carboxylic acids is 1. The van der Waals surface area contributed by atoms with Crippen molar-refractivity contribution in [3.05, 3.63) is 87.6 Å². The second-order valence-electron chi connectivity index (χ2n) is 8.35. The Labute approximate surface area is 215 Å². The molecule has 1 amide bonds. The van der Waals surface area contributed by atoms with Gasteiger partial charge in [-0.3, -0.25) is 4.79 Å². The van der Waals surface area contributed by atoms with Crippen LogP contribution in [0.5, 0.6) is 0 Å². The second-order valence-corrected chi connectivity index (χ2v) is 9.59. The number of carboxylic acid groups (broad SMARTS) is 1. The lowest BCUT2D eigenvalue weighted by atomic mass is 10.1. The molecule has 184 valence electrons. The highest BCUT2D eigenvalue weighted by Crippen LogP contribution is 2.38. The van der Waals surface area contributed by atoms with E-state index in [0.717, 1.165) is 5.56 Å². The number of pyridine rings is 1. The number of hydrogen-bond acceptors (Lipinski definition) is 6. The van der Waals surface area contributed by atoms with E-state index < -0.39 is 5.97 Å². The maximum Gasteiger partial charge on any atom is 0.338 e. The van der Waals surface area contributed by atoms with Gasteiger partial charge in [0.15, 0.2) is 0 Å². The van der Waals surface area contributed by atoms with Gasteiger partial charge >= 0.3 is 5.97 Å². The van der Waals surface area contributed by atoms with Gasteiger partial charge in [-0.25, -0.2) is 14.2 Å². The van der Waals surface area contributed by atoms with Gasteiger partial charge in [-0.2, -0.15) is 0 Å². The van der Waals surface area contributed by atoms with Crippen LogP contribution in [0.4, 0.5) is 15.8 Å². The molecule has 36 heavy (non-hydrogen) atoms. The minimum absolute atomic E-state index is 0.0390. The molecule has 3 heterocycles. The zero-order valence-electron chi connectivity index (χ0n) is 19.1. The SMILES string of the molecule is O=C(O)c1csc2c(NCc3ccccc3)c(C(=O)N3CCN(c4ccccc4F)CC3)c(Cl)nc12. The molecular formula is C26H22ClFN4O3S. The number of nitrogens with zero attached hydrogens (tertiary/aromatic N) is 3. The van der Waals surface area contributed by atoms with Crippen LogP contribution in [0.15, 0.2) is 60.0 Å². The molecule has 0 unspecified atom stereocenters. The van der Waals surface area contributed by atoms with Gasteiger partial charge in [0.25, 0.3) is 5.91 Å². The summed E-state index contributed by atoms with van der Waals surface area (Å²) in [6.45, 7) is 2.11. The van der Waals surface area contributed by atoms with Crippen LogP contribution in [-0.4, -0.2) is 53.0 Å². The van der Waals surface area contributed by atoms with E-state index in [0.29, 0.717) is 48.8 Å². The first-order valence-corrected chi connectivity index (χ1v) is 12.6. The molecule has 0 spiro atoms. The summed E-state index contributed by atoms with van der Waals surface area (Å²) in [5.41, 5.74) is 2.46. The number of halogens is 2. The highest BCUT2D eigenvalue weighted by atomic mass is 35.5. The van der Waals surface area contributed by atoms with Crippen molar-refractivity contribution in [3.63, 3.8) is 0 Å². The second kappa shape index (κ2) is 10.1. The molecule has 7 nitrogen and oxygen atoms in total. The summed E-state index contributed by atoms with van der Waals surface area (Å²) in [6, 6.07) is 16.2. The maximum absolute atomic E-state index is 14.2. The molecule has 0 bridgehead atoms. The molecule has 1 aliphatic rings. The molecule has 0 radical (unpaired) electrons. The smallest absolute Gasteiger partial charge is 0.338 e. The Balaban J connectivity index is 1.46. The fourth-order valence-electron chi connectivity index (χ4n) is 4.33. The van der Waals surface area contributed by atoms with Crippen LogP contribution in [0, 0.1) is 5.82 Å².